The van der Waals surface area contributed by atoms with Crippen molar-refractivity contribution in [1.82, 2.24) is 9.13 Å². The van der Waals surface area contributed by atoms with Crippen molar-refractivity contribution in [3.63, 3.8) is 0 Å². The number of fused-ring (bicyclic) bond motifs is 18. The summed E-state index contributed by atoms with van der Waals surface area (Å²) in [5, 5.41) is 22.5. The molecule has 0 saturated carbocycles. The summed E-state index contributed by atoms with van der Waals surface area (Å²) >= 11 is 1.76. The van der Waals surface area contributed by atoms with Crippen LogP contribution in [-0.2, 0) is 0 Å². The fourth-order valence-electron chi connectivity index (χ4n) is 13.2. The van der Waals surface area contributed by atoms with Crippen molar-refractivity contribution < 1.29 is 8.83 Å². The van der Waals surface area contributed by atoms with E-state index in [0.717, 1.165) is 135 Å². The Hall–Kier alpha value is -11.0. The molecule has 81 heavy (non-hydrogen) atoms. The predicted octanol–water partition coefficient (Wildman–Crippen LogP) is 21.1. The van der Waals surface area contributed by atoms with Crippen LogP contribution in [0.2, 0.25) is 0 Å². The molecule has 17 aromatic rings. The zero-order valence-electron chi connectivity index (χ0n) is 43.1. The van der Waals surface area contributed by atoms with Crippen molar-refractivity contribution in [2.75, 3.05) is 0 Å². The maximum Gasteiger partial charge on any atom is 0.220 e. The molecule has 5 aromatic heterocycles. The normalized spacial score (nSPS) is 11.9. The van der Waals surface area contributed by atoms with Crippen molar-refractivity contribution in [2.45, 2.75) is 0 Å². The van der Waals surface area contributed by atoms with Gasteiger partial charge in [-0.25, -0.2) is 4.85 Å². The van der Waals surface area contributed by atoms with Crippen LogP contribution in [-0.4, -0.2) is 9.13 Å². The highest BCUT2D eigenvalue weighted by molar-refractivity contribution is 7.26. The first-order valence-corrected chi connectivity index (χ1v) is 27.8. The summed E-state index contributed by atoms with van der Waals surface area (Å²) in [5.74, 6) is 0. The van der Waals surface area contributed by atoms with Crippen LogP contribution in [0.15, 0.2) is 251 Å². The maximum atomic E-state index is 12.3. The molecule has 6 nitrogen and oxygen atoms in total. The Bertz CT molecular complexity index is 5480. The third-order valence-corrected chi connectivity index (χ3v) is 17.8. The molecule has 0 atom stereocenters. The number of aromatic nitrogens is 2. The molecule has 0 N–H and O–H groups in total. The van der Waals surface area contributed by atoms with Crippen molar-refractivity contribution in [3.8, 4) is 62.0 Å². The largest absolute Gasteiger partial charge is 0.454 e. The zero-order chi connectivity index (χ0) is 53.4. The summed E-state index contributed by atoms with van der Waals surface area (Å²) < 4.78 is 21.5. The first-order chi connectivity index (χ1) is 40.2. The quantitative estimate of drug-likeness (QED) is 0.156. The van der Waals surface area contributed by atoms with Gasteiger partial charge in [-0.1, -0.05) is 212 Å². The smallest absolute Gasteiger partial charge is 0.220 e. The van der Waals surface area contributed by atoms with Crippen LogP contribution in [0.1, 0.15) is 5.56 Å². The van der Waals surface area contributed by atoms with Gasteiger partial charge in [-0.15, -0.1) is 11.3 Å². The van der Waals surface area contributed by atoms with Crippen molar-refractivity contribution in [3.05, 3.63) is 260 Å². The molecule has 0 saturated heterocycles. The van der Waals surface area contributed by atoms with Crippen molar-refractivity contribution in [2.24, 2.45) is 0 Å². The average Bonchev–Trinajstić information content (AvgIpc) is 2.92. The van der Waals surface area contributed by atoms with Gasteiger partial charge in [0.15, 0.2) is 11.2 Å². The summed E-state index contributed by atoms with van der Waals surface area (Å²) in [5.41, 5.74) is 15.5. The van der Waals surface area contributed by atoms with Gasteiger partial charge >= 0.3 is 0 Å². The molecule has 0 unspecified atom stereocenters. The second-order valence-electron chi connectivity index (χ2n) is 20.7. The number of benzene rings is 12. The highest BCUT2D eigenvalue weighted by atomic mass is 32.1. The van der Waals surface area contributed by atoms with Crippen LogP contribution >= 0.6 is 11.3 Å². The van der Waals surface area contributed by atoms with E-state index in [2.05, 4.69) is 196 Å². The monoisotopic (exact) mass is 1050 g/mol. The first-order valence-electron chi connectivity index (χ1n) is 27.0. The van der Waals surface area contributed by atoms with E-state index in [1.54, 1.807) is 11.3 Å². The lowest BCUT2D eigenvalue weighted by Crippen LogP contribution is -2.09. The fraction of sp³-hybridized carbons (Fsp3) is 0. The third kappa shape index (κ3) is 6.29. The van der Waals surface area contributed by atoms with Crippen LogP contribution < -0.4 is 0 Å². The summed E-state index contributed by atoms with van der Waals surface area (Å²) in [7, 11) is 0. The third-order valence-electron chi connectivity index (χ3n) is 16.6. The number of hydrogen-bond acceptors (Lipinski definition) is 4. The van der Waals surface area contributed by atoms with Gasteiger partial charge in [-0.2, -0.15) is 5.26 Å². The van der Waals surface area contributed by atoms with Crippen LogP contribution in [0.25, 0.3) is 168 Å². The molecule has 5 heterocycles. The van der Waals surface area contributed by atoms with Gasteiger partial charge in [0.2, 0.25) is 5.69 Å². The van der Waals surface area contributed by atoms with E-state index in [1.807, 2.05) is 66.7 Å². The molecule has 12 aromatic carbocycles. The number of furan rings is 2. The molecular weight excluding hydrogens is 1010 g/mol. The average molecular weight is 1050 g/mol. The van der Waals surface area contributed by atoms with E-state index in [-0.39, 0.29) is 0 Å². The van der Waals surface area contributed by atoms with Gasteiger partial charge in [0.25, 0.3) is 0 Å². The van der Waals surface area contributed by atoms with Gasteiger partial charge < -0.3 is 18.0 Å². The first kappa shape index (κ1) is 45.1. The second kappa shape index (κ2) is 17.3. The minimum Gasteiger partial charge on any atom is -0.454 e. The lowest BCUT2D eigenvalue weighted by Gasteiger charge is -2.25. The van der Waals surface area contributed by atoms with Crippen LogP contribution in [0.5, 0.6) is 0 Å². The van der Waals surface area contributed by atoms with Crippen LogP contribution in [0, 0.1) is 17.9 Å². The molecule has 0 aliphatic rings. The zero-order valence-corrected chi connectivity index (χ0v) is 43.9. The molecular formula is C74H40N4O2S. The number of nitrogens with zero attached hydrogens (tertiary/aromatic N) is 4. The van der Waals surface area contributed by atoms with Gasteiger partial charge in [-0.05, 0) is 58.1 Å². The topological polar surface area (TPSA) is 64.3 Å². The van der Waals surface area contributed by atoms with E-state index in [9.17, 15) is 11.8 Å². The van der Waals surface area contributed by atoms with Gasteiger partial charge in [-0.3, -0.25) is 0 Å². The number of rotatable bonds is 6. The standard InChI is InChI=1S/C74H40N4O2S/c1-76-65-63(44-22-7-3-8-23-44)59(42-75)66(77-60-33-16-13-28-48(60)51-36-40-57-55-32-19-31-54(71(55)80-73(57)67(51)77)47-27-12-11-26-46(47)43-20-5-2-6-21-43)64(45-24-9-4-10-25-45)70(65)78-68-52(37-39-56-49-29-14-17-34-61(49)79-72(56)68)53-38-41-58-50-30-15-18-35-62(50)81-74(58)69(53)78/h2-41H. The van der Waals surface area contributed by atoms with Crippen LogP contribution in [0.3, 0.4) is 0 Å². The Morgan fingerprint density at radius 2 is 0.901 bits per heavy atom. The molecule has 0 amide bonds. The summed E-state index contributed by atoms with van der Waals surface area (Å²) in [6.45, 7) is 9.62. The summed E-state index contributed by atoms with van der Waals surface area (Å²) in [6, 6.07) is 87.1. The molecule has 0 aliphatic heterocycles. The summed E-state index contributed by atoms with van der Waals surface area (Å²) in [6.07, 6.45) is 0. The lowest BCUT2D eigenvalue weighted by molar-refractivity contribution is 0.671. The second-order valence-corrected chi connectivity index (χ2v) is 21.8. The molecule has 0 fully saturated rings. The number of nitriles is 1. The Morgan fingerprint density at radius 1 is 0.383 bits per heavy atom. The predicted molar refractivity (Wildman–Crippen MR) is 335 cm³/mol. The van der Waals surface area contributed by atoms with Gasteiger partial charge in [0.05, 0.1) is 50.3 Å². The molecule has 7 heteroatoms. The highest BCUT2D eigenvalue weighted by Gasteiger charge is 2.34. The molecule has 0 bridgehead atoms. The van der Waals surface area contributed by atoms with Gasteiger partial charge in [0, 0.05) is 75.3 Å². The van der Waals surface area contributed by atoms with Crippen molar-refractivity contribution >= 4 is 125 Å². The lowest BCUT2D eigenvalue weighted by atomic mass is 9.88. The molecule has 374 valence electrons. The van der Waals surface area contributed by atoms with E-state index in [4.69, 9.17) is 8.83 Å². The molecule has 0 spiro atoms. The highest BCUT2D eigenvalue weighted by Crippen LogP contribution is 2.55. The minimum atomic E-state index is 0.349. The summed E-state index contributed by atoms with van der Waals surface area (Å²) in [4.78, 5) is 4.67. The molecule has 0 aliphatic carbocycles. The SMILES string of the molecule is [C-]#[N+]c1c(-c2ccccc2)c(C#N)c(-n2c3ccccc3c3ccc4c5cccc(-c6ccccc6-c6ccccc6)c5oc4c32)c(-c2ccccc2)c1-n1c2c(ccc3c4ccccc4oc32)c2ccc3c4ccccc4sc3c21. The van der Waals surface area contributed by atoms with Gasteiger partial charge in [0.1, 0.15) is 17.2 Å². The molecule has 17 rings (SSSR count). The van der Waals surface area contributed by atoms with E-state index in [0.29, 0.717) is 39.4 Å². The van der Waals surface area contributed by atoms with E-state index >= 15 is 0 Å². The number of thiophene rings is 1. The number of para-hydroxylation sites is 3. The maximum absolute atomic E-state index is 12.3. The van der Waals surface area contributed by atoms with Crippen molar-refractivity contribution in [1.29, 1.82) is 5.26 Å². The minimum absolute atomic E-state index is 0.349. The Labute approximate surface area is 466 Å². The fourth-order valence-corrected chi connectivity index (χ4v) is 14.5. The van der Waals surface area contributed by atoms with E-state index in [1.165, 1.54) is 0 Å². The Kier molecular flexibility index (Phi) is 9.62. The Morgan fingerprint density at radius 3 is 1.64 bits per heavy atom. The number of hydrogen-bond donors (Lipinski definition) is 0. The van der Waals surface area contributed by atoms with Crippen LogP contribution in [0.4, 0.5) is 5.69 Å². The molecule has 0 radical (unpaired) electrons. The van der Waals surface area contributed by atoms with E-state index < -0.39 is 0 Å². The Balaban J connectivity index is 1.11.